The molecule has 0 atom stereocenters. The topological polar surface area (TPSA) is 42.4 Å². The number of aromatic nitrogens is 1. The first-order valence-electron chi connectivity index (χ1n) is 10.5. The van der Waals surface area contributed by atoms with Crippen molar-refractivity contribution in [2.75, 3.05) is 13.6 Å². The lowest BCUT2D eigenvalue weighted by Crippen LogP contribution is -2.30. The quantitative estimate of drug-likeness (QED) is 0.408. The van der Waals surface area contributed by atoms with E-state index in [0.29, 0.717) is 19.6 Å². The first-order chi connectivity index (χ1) is 15.2. The third kappa shape index (κ3) is 5.70. The average Bonchev–Trinajstić information content (AvgIpc) is 2.82. The molecule has 0 saturated carbocycles. The molecule has 31 heavy (non-hydrogen) atoms. The Hall–Kier alpha value is -3.66. The second kappa shape index (κ2) is 9.90. The molecule has 0 aliphatic carbocycles. The number of nitrogens with zero attached hydrogens (tertiary/aromatic N) is 2. The predicted molar refractivity (Wildman–Crippen MR) is 124 cm³/mol. The van der Waals surface area contributed by atoms with Gasteiger partial charge in [-0.2, -0.15) is 0 Å². The van der Waals surface area contributed by atoms with Crippen LogP contribution >= 0.6 is 0 Å². The summed E-state index contributed by atoms with van der Waals surface area (Å²) in [6.07, 6.45) is 1.25. The maximum Gasteiger partial charge on any atom is 0.226 e. The summed E-state index contributed by atoms with van der Waals surface area (Å²) < 4.78 is 5.88. The highest BCUT2D eigenvalue weighted by atomic mass is 16.5. The Morgan fingerprint density at radius 1 is 0.839 bits per heavy atom. The van der Waals surface area contributed by atoms with Crippen molar-refractivity contribution < 1.29 is 9.53 Å². The predicted octanol–water partition coefficient (Wildman–Crippen LogP) is 5.06. The molecular weight excluding hydrogens is 384 g/mol. The van der Waals surface area contributed by atoms with Gasteiger partial charge in [0.05, 0.1) is 17.6 Å². The summed E-state index contributed by atoms with van der Waals surface area (Å²) in [6, 6.07) is 30.0. The number of para-hydroxylation sites is 1. The van der Waals surface area contributed by atoms with Crippen LogP contribution in [0.4, 0.5) is 0 Å². The van der Waals surface area contributed by atoms with Crippen molar-refractivity contribution in [3.05, 3.63) is 108 Å². The second-order valence-corrected chi connectivity index (χ2v) is 7.66. The van der Waals surface area contributed by atoms with Crippen LogP contribution in [0.25, 0.3) is 10.9 Å². The SMILES string of the molecule is CN(CCc1ccccc1)C(=O)Cc1ccc(OCc2ccc3ccccc3n2)cc1. The molecule has 0 bridgehead atoms. The van der Waals surface area contributed by atoms with Crippen molar-refractivity contribution in [3.8, 4) is 5.75 Å². The van der Waals surface area contributed by atoms with Gasteiger partial charge in [-0.15, -0.1) is 0 Å². The van der Waals surface area contributed by atoms with Crippen molar-refractivity contribution in [3.63, 3.8) is 0 Å². The van der Waals surface area contributed by atoms with Crippen LogP contribution in [0.15, 0.2) is 91.0 Å². The maximum absolute atomic E-state index is 12.5. The van der Waals surface area contributed by atoms with Gasteiger partial charge < -0.3 is 9.64 Å². The molecule has 3 aromatic carbocycles. The minimum absolute atomic E-state index is 0.116. The van der Waals surface area contributed by atoms with Crippen LogP contribution in [0.3, 0.4) is 0 Å². The van der Waals surface area contributed by atoms with E-state index in [0.717, 1.165) is 34.3 Å². The second-order valence-electron chi connectivity index (χ2n) is 7.66. The Morgan fingerprint density at radius 3 is 2.39 bits per heavy atom. The van der Waals surface area contributed by atoms with Gasteiger partial charge in [-0.25, -0.2) is 4.98 Å². The first kappa shape index (κ1) is 20.6. The van der Waals surface area contributed by atoms with Gasteiger partial charge in [0.2, 0.25) is 5.91 Å². The van der Waals surface area contributed by atoms with Crippen LogP contribution in [-0.2, 0) is 24.2 Å². The number of hydrogen-bond donors (Lipinski definition) is 0. The molecule has 156 valence electrons. The molecule has 0 radical (unpaired) electrons. The molecule has 4 aromatic rings. The third-order valence-electron chi connectivity index (χ3n) is 5.33. The van der Waals surface area contributed by atoms with E-state index in [2.05, 4.69) is 23.2 Å². The Balaban J connectivity index is 1.27. The molecular formula is C27H26N2O2. The smallest absolute Gasteiger partial charge is 0.226 e. The summed E-state index contributed by atoms with van der Waals surface area (Å²) in [5, 5.41) is 1.12. The number of fused-ring (bicyclic) bond motifs is 1. The number of pyridine rings is 1. The molecule has 0 aliphatic heterocycles. The number of benzene rings is 3. The lowest BCUT2D eigenvalue weighted by atomic mass is 10.1. The molecule has 0 N–H and O–H groups in total. The fraction of sp³-hybridized carbons (Fsp3) is 0.185. The molecule has 1 aromatic heterocycles. The standard InChI is InChI=1S/C27H26N2O2/c1-29(18-17-21-7-3-2-4-8-21)27(30)19-22-11-15-25(16-12-22)31-20-24-14-13-23-9-5-6-10-26(23)28-24/h2-16H,17-20H2,1H3. The zero-order chi connectivity index (χ0) is 21.5. The molecule has 0 unspecified atom stereocenters. The van der Waals surface area contributed by atoms with Gasteiger partial charge in [0.25, 0.3) is 0 Å². The number of carbonyl (C=O) groups is 1. The van der Waals surface area contributed by atoms with E-state index in [4.69, 9.17) is 4.74 Å². The highest BCUT2D eigenvalue weighted by Gasteiger charge is 2.10. The Kier molecular flexibility index (Phi) is 6.58. The molecule has 4 nitrogen and oxygen atoms in total. The Morgan fingerprint density at radius 2 is 1.58 bits per heavy atom. The summed E-state index contributed by atoms with van der Waals surface area (Å²) in [5.74, 6) is 0.883. The molecule has 0 aliphatic rings. The van der Waals surface area contributed by atoms with E-state index in [-0.39, 0.29) is 5.91 Å². The van der Waals surface area contributed by atoms with Gasteiger partial charge in [-0.1, -0.05) is 66.7 Å². The van der Waals surface area contributed by atoms with E-state index < -0.39 is 0 Å². The first-order valence-corrected chi connectivity index (χ1v) is 10.5. The van der Waals surface area contributed by atoms with Crippen LogP contribution in [0.1, 0.15) is 16.8 Å². The fourth-order valence-electron chi connectivity index (χ4n) is 3.43. The van der Waals surface area contributed by atoms with Crippen molar-refractivity contribution in [2.45, 2.75) is 19.4 Å². The summed E-state index contributed by atoms with van der Waals surface area (Å²) in [5.41, 5.74) is 4.07. The largest absolute Gasteiger partial charge is 0.487 e. The molecule has 0 spiro atoms. The summed E-state index contributed by atoms with van der Waals surface area (Å²) >= 11 is 0. The van der Waals surface area contributed by atoms with Crippen molar-refractivity contribution in [2.24, 2.45) is 0 Å². The summed E-state index contributed by atoms with van der Waals surface area (Å²) in [4.78, 5) is 18.9. The summed E-state index contributed by atoms with van der Waals surface area (Å²) in [6.45, 7) is 1.12. The van der Waals surface area contributed by atoms with Crippen LogP contribution in [-0.4, -0.2) is 29.4 Å². The van der Waals surface area contributed by atoms with E-state index in [1.807, 2.05) is 79.8 Å². The number of ether oxygens (including phenoxy) is 1. The molecule has 4 rings (SSSR count). The van der Waals surface area contributed by atoms with Crippen LogP contribution in [0.2, 0.25) is 0 Å². The van der Waals surface area contributed by atoms with Gasteiger partial charge in [-0.05, 0) is 41.8 Å². The highest BCUT2D eigenvalue weighted by molar-refractivity contribution is 5.79. The Labute approximate surface area is 183 Å². The maximum atomic E-state index is 12.5. The summed E-state index contributed by atoms with van der Waals surface area (Å²) in [7, 11) is 1.86. The van der Waals surface area contributed by atoms with Gasteiger partial charge >= 0.3 is 0 Å². The number of hydrogen-bond acceptors (Lipinski definition) is 3. The van der Waals surface area contributed by atoms with Gasteiger partial charge in [0, 0.05) is 19.0 Å². The van der Waals surface area contributed by atoms with Crippen molar-refractivity contribution in [1.29, 1.82) is 0 Å². The minimum atomic E-state index is 0.116. The minimum Gasteiger partial charge on any atom is -0.487 e. The molecule has 1 amide bonds. The number of rotatable bonds is 8. The zero-order valence-corrected chi connectivity index (χ0v) is 17.7. The van der Waals surface area contributed by atoms with E-state index in [1.54, 1.807) is 4.90 Å². The van der Waals surface area contributed by atoms with Crippen LogP contribution in [0.5, 0.6) is 5.75 Å². The highest BCUT2D eigenvalue weighted by Crippen LogP contribution is 2.17. The van der Waals surface area contributed by atoms with Crippen LogP contribution in [0, 0.1) is 0 Å². The van der Waals surface area contributed by atoms with Gasteiger partial charge in [0.1, 0.15) is 12.4 Å². The molecule has 1 heterocycles. The third-order valence-corrected chi connectivity index (χ3v) is 5.33. The monoisotopic (exact) mass is 410 g/mol. The fourth-order valence-corrected chi connectivity index (χ4v) is 3.43. The van der Waals surface area contributed by atoms with Gasteiger partial charge in [-0.3, -0.25) is 4.79 Å². The normalized spacial score (nSPS) is 10.7. The number of amides is 1. The molecule has 0 fully saturated rings. The van der Waals surface area contributed by atoms with Crippen molar-refractivity contribution >= 4 is 16.8 Å². The average molecular weight is 411 g/mol. The van der Waals surface area contributed by atoms with Crippen LogP contribution < -0.4 is 4.74 Å². The van der Waals surface area contributed by atoms with Gasteiger partial charge in [0.15, 0.2) is 0 Å². The molecule has 4 heteroatoms. The lowest BCUT2D eigenvalue weighted by molar-refractivity contribution is -0.129. The Bertz CT molecular complexity index is 1140. The molecule has 0 saturated heterocycles. The zero-order valence-electron chi connectivity index (χ0n) is 17.7. The number of likely N-dealkylation sites (N-methyl/N-ethyl adjacent to an activating group) is 1. The van der Waals surface area contributed by atoms with E-state index in [1.165, 1.54) is 5.56 Å². The van der Waals surface area contributed by atoms with E-state index in [9.17, 15) is 4.79 Å². The lowest BCUT2D eigenvalue weighted by Gasteiger charge is -2.17. The van der Waals surface area contributed by atoms with E-state index >= 15 is 0 Å². The number of carbonyl (C=O) groups excluding carboxylic acids is 1. The van der Waals surface area contributed by atoms with Crippen molar-refractivity contribution in [1.82, 2.24) is 9.88 Å².